The van der Waals surface area contributed by atoms with Crippen LogP contribution in [0, 0.1) is 15.5 Å². The number of carboxylic acid groups (broad SMARTS) is 1. The van der Waals surface area contributed by atoms with Gasteiger partial charge in [0.1, 0.15) is 5.69 Å². The van der Waals surface area contributed by atoms with Gasteiger partial charge in [-0.25, -0.2) is 0 Å². The number of anilines is 1. The monoisotopic (exact) mass is 298 g/mol. The summed E-state index contributed by atoms with van der Waals surface area (Å²) in [5, 5.41) is 20.8. The maximum atomic E-state index is 11.4. The number of nitrogens with zero attached hydrogens (tertiary/aromatic N) is 2. The number of nitro groups is 1. The van der Waals surface area contributed by atoms with Crippen molar-refractivity contribution in [1.29, 1.82) is 0 Å². The van der Waals surface area contributed by atoms with Crippen LogP contribution in [0.15, 0.2) is 18.2 Å². The molecule has 20 heavy (non-hydrogen) atoms. The smallest absolute Gasteiger partial charge is 0.311 e. The van der Waals surface area contributed by atoms with Crippen molar-refractivity contribution >= 4 is 28.9 Å². The summed E-state index contributed by atoms with van der Waals surface area (Å²) in [6.07, 6.45) is 1.24. The number of rotatable bonds is 3. The third-order valence-corrected chi connectivity index (χ3v) is 3.92. The molecule has 1 aromatic carbocycles. The number of benzene rings is 1. The lowest BCUT2D eigenvalue weighted by molar-refractivity contribution is -0.384. The summed E-state index contributed by atoms with van der Waals surface area (Å²) in [4.78, 5) is 23.7. The van der Waals surface area contributed by atoms with Gasteiger partial charge in [-0.1, -0.05) is 11.6 Å². The van der Waals surface area contributed by atoms with Crippen molar-refractivity contribution in [2.24, 2.45) is 5.41 Å². The van der Waals surface area contributed by atoms with Gasteiger partial charge in [-0.15, -0.1) is 0 Å². The fourth-order valence-electron chi connectivity index (χ4n) is 2.52. The van der Waals surface area contributed by atoms with Gasteiger partial charge in [0, 0.05) is 24.2 Å². The lowest BCUT2D eigenvalue weighted by Gasteiger charge is -2.38. The Bertz CT molecular complexity index is 563. The third kappa shape index (κ3) is 2.70. The first kappa shape index (κ1) is 14.6. The molecule has 0 aromatic heterocycles. The van der Waals surface area contributed by atoms with Crippen molar-refractivity contribution < 1.29 is 14.8 Å². The number of nitro benzene ring substituents is 1. The minimum absolute atomic E-state index is 0.0518. The molecule has 0 saturated carbocycles. The molecule has 0 amide bonds. The van der Waals surface area contributed by atoms with E-state index in [4.69, 9.17) is 11.6 Å². The Morgan fingerprint density at radius 2 is 2.25 bits per heavy atom. The molecule has 6 nitrogen and oxygen atoms in total. The maximum absolute atomic E-state index is 11.4. The van der Waals surface area contributed by atoms with Crippen molar-refractivity contribution in [3.63, 3.8) is 0 Å². The minimum atomic E-state index is -0.894. The van der Waals surface area contributed by atoms with Crippen molar-refractivity contribution in [2.75, 3.05) is 18.0 Å². The predicted molar refractivity (Wildman–Crippen MR) is 75.3 cm³/mol. The van der Waals surface area contributed by atoms with Crippen LogP contribution in [0.2, 0.25) is 5.02 Å². The molecule has 1 N–H and O–H groups in total. The van der Waals surface area contributed by atoms with E-state index in [0.717, 1.165) is 0 Å². The van der Waals surface area contributed by atoms with Crippen molar-refractivity contribution in [3.8, 4) is 0 Å². The summed E-state index contributed by atoms with van der Waals surface area (Å²) in [6.45, 7) is 2.49. The van der Waals surface area contributed by atoms with Crippen LogP contribution in [0.25, 0.3) is 0 Å². The van der Waals surface area contributed by atoms with E-state index in [-0.39, 0.29) is 12.2 Å². The zero-order valence-corrected chi connectivity index (χ0v) is 11.8. The van der Waals surface area contributed by atoms with Gasteiger partial charge < -0.3 is 10.0 Å². The number of hydrogen-bond donors (Lipinski definition) is 1. The number of halogens is 1. The second-order valence-corrected chi connectivity index (χ2v) is 5.72. The number of carbonyl (C=O) groups is 1. The molecule has 2 rings (SSSR count). The standard InChI is InChI=1S/C13H15ClN2O4/c1-13(12(17)18)5-2-6-15(8-13)11-7-9(14)3-4-10(11)16(19)20/h3-4,7H,2,5-6,8H2,1H3,(H,17,18). The van der Waals surface area contributed by atoms with E-state index in [2.05, 4.69) is 0 Å². The van der Waals surface area contributed by atoms with Crippen LogP contribution in [-0.4, -0.2) is 29.1 Å². The predicted octanol–water partition coefficient (Wildman–Crippen LogP) is 2.94. The first-order valence-electron chi connectivity index (χ1n) is 6.26. The minimum Gasteiger partial charge on any atom is -0.481 e. The molecule has 1 saturated heterocycles. The van der Waals surface area contributed by atoms with E-state index in [0.29, 0.717) is 30.1 Å². The summed E-state index contributed by atoms with van der Waals surface area (Å²) in [5.74, 6) is -0.883. The molecule has 0 bridgehead atoms. The van der Waals surface area contributed by atoms with Crippen LogP contribution in [0.4, 0.5) is 11.4 Å². The molecule has 1 aliphatic heterocycles. The van der Waals surface area contributed by atoms with Gasteiger partial charge in [-0.2, -0.15) is 0 Å². The second kappa shape index (κ2) is 5.28. The highest BCUT2D eigenvalue weighted by atomic mass is 35.5. The molecule has 0 radical (unpaired) electrons. The molecule has 1 atom stereocenters. The maximum Gasteiger partial charge on any atom is 0.311 e. The number of aliphatic carboxylic acids is 1. The van der Waals surface area contributed by atoms with Crippen molar-refractivity contribution in [2.45, 2.75) is 19.8 Å². The first-order chi connectivity index (χ1) is 9.33. The molecule has 0 aliphatic carbocycles. The Morgan fingerprint density at radius 3 is 2.85 bits per heavy atom. The van der Waals surface area contributed by atoms with Crippen LogP contribution in [0.3, 0.4) is 0 Å². The summed E-state index contributed by atoms with van der Waals surface area (Å²) in [7, 11) is 0. The molecule has 1 aliphatic rings. The third-order valence-electron chi connectivity index (χ3n) is 3.69. The van der Waals surface area contributed by atoms with Crippen LogP contribution >= 0.6 is 11.6 Å². The summed E-state index contributed by atoms with van der Waals surface area (Å²) >= 11 is 5.91. The zero-order chi connectivity index (χ0) is 14.9. The van der Waals surface area contributed by atoms with Crippen molar-refractivity contribution in [3.05, 3.63) is 33.3 Å². The van der Waals surface area contributed by atoms with Crippen LogP contribution < -0.4 is 4.90 Å². The molecule has 1 aromatic rings. The topological polar surface area (TPSA) is 83.7 Å². The highest BCUT2D eigenvalue weighted by Crippen LogP contribution is 2.37. The van der Waals surface area contributed by atoms with E-state index in [1.54, 1.807) is 11.8 Å². The van der Waals surface area contributed by atoms with Crippen LogP contribution in [0.5, 0.6) is 0 Å². The normalized spacial score (nSPS) is 22.6. The quantitative estimate of drug-likeness (QED) is 0.685. The Labute approximate surface area is 121 Å². The lowest BCUT2D eigenvalue weighted by atomic mass is 9.82. The largest absolute Gasteiger partial charge is 0.481 e. The van der Waals surface area contributed by atoms with E-state index in [1.165, 1.54) is 18.2 Å². The molecule has 7 heteroatoms. The Morgan fingerprint density at radius 1 is 1.55 bits per heavy atom. The highest BCUT2D eigenvalue weighted by molar-refractivity contribution is 6.31. The summed E-state index contributed by atoms with van der Waals surface area (Å²) in [6, 6.07) is 4.33. The van der Waals surface area contributed by atoms with Gasteiger partial charge in [0.05, 0.1) is 10.3 Å². The van der Waals surface area contributed by atoms with Gasteiger partial charge >= 0.3 is 5.97 Å². The van der Waals surface area contributed by atoms with Crippen molar-refractivity contribution in [1.82, 2.24) is 0 Å². The van der Waals surface area contributed by atoms with Gasteiger partial charge in [-0.05, 0) is 31.9 Å². The zero-order valence-electron chi connectivity index (χ0n) is 11.0. The first-order valence-corrected chi connectivity index (χ1v) is 6.63. The fraction of sp³-hybridized carbons (Fsp3) is 0.462. The number of carboxylic acids is 1. The van der Waals surface area contributed by atoms with Crippen LogP contribution in [-0.2, 0) is 4.79 Å². The van der Waals surface area contributed by atoms with Gasteiger partial charge in [0.15, 0.2) is 0 Å². The van der Waals surface area contributed by atoms with E-state index in [1.807, 2.05) is 0 Å². The molecular formula is C13H15ClN2O4. The second-order valence-electron chi connectivity index (χ2n) is 5.28. The number of hydrogen-bond acceptors (Lipinski definition) is 4. The van der Waals surface area contributed by atoms with E-state index >= 15 is 0 Å². The Hall–Kier alpha value is -1.82. The summed E-state index contributed by atoms with van der Waals surface area (Å²) in [5.41, 5.74) is -0.562. The summed E-state index contributed by atoms with van der Waals surface area (Å²) < 4.78 is 0. The van der Waals surface area contributed by atoms with Gasteiger partial charge in [0.2, 0.25) is 0 Å². The highest BCUT2D eigenvalue weighted by Gasteiger charge is 2.39. The SMILES string of the molecule is CC1(C(=O)O)CCCN(c2cc(Cl)ccc2[N+](=O)[O-])C1. The molecule has 0 spiro atoms. The lowest BCUT2D eigenvalue weighted by Crippen LogP contribution is -2.46. The van der Waals surface area contributed by atoms with Crippen LogP contribution in [0.1, 0.15) is 19.8 Å². The van der Waals surface area contributed by atoms with Gasteiger partial charge in [-0.3, -0.25) is 14.9 Å². The fourth-order valence-corrected chi connectivity index (χ4v) is 2.69. The molecule has 1 unspecified atom stereocenters. The molecule has 1 heterocycles. The molecule has 108 valence electrons. The van der Waals surface area contributed by atoms with E-state index in [9.17, 15) is 20.0 Å². The average Bonchev–Trinajstić information content (AvgIpc) is 2.38. The van der Waals surface area contributed by atoms with Gasteiger partial charge in [0.25, 0.3) is 5.69 Å². The van der Waals surface area contributed by atoms with E-state index < -0.39 is 16.3 Å². The molecular weight excluding hydrogens is 284 g/mol. The molecule has 1 fully saturated rings. The number of piperidine rings is 1. The Balaban J connectivity index is 2.38. The average molecular weight is 299 g/mol. The Kier molecular flexibility index (Phi) is 3.85.